The van der Waals surface area contributed by atoms with Gasteiger partial charge in [-0.25, -0.2) is 8.78 Å². The van der Waals surface area contributed by atoms with Crippen molar-refractivity contribution in [1.29, 1.82) is 0 Å². The standard InChI is InChI=1S/C22H34F2Si/c1-3-4-16(2)25-13-11-19(12-14-25)17-5-7-18(8-6-17)20-9-10-21(23)22(24)15-20/h9-10,15-19,25H,3-8,11-14H2,1-2H3/t16?,17?,18?,19-,25-. The van der Waals surface area contributed by atoms with Gasteiger partial charge in [0.25, 0.3) is 0 Å². The second-order valence-electron chi connectivity index (χ2n) is 8.73. The average molecular weight is 365 g/mol. The first kappa shape index (κ1) is 19.1. The maximum absolute atomic E-state index is 13.5. The second-order valence-corrected chi connectivity index (χ2v) is 12.5. The van der Waals surface area contributed by atoms with Crippen LogP contribution in [0.5, 0.6) is 0 Å². The molecule has 1 unspecified atom stereocenters. The molecule has 2 aliphatic rings. The Morgan fingerprint density at radius 3 is 2.20 bits per heavy atom. The van der Waals surface area contributed by atoms with E-state index in [4.69, 9.17) is 0 Å². The fraction of sp³-hybridized carbons (Fsp3) is 0.727. The van der Waals surface area contributed by atoms with Crippen LogP contribution in [0.1, 0.15) is 76.7 Å². The molecule has 1 aliphatic carbocycles. The molecule has 1 aromatic rings. The molecular formula is C22H34F2Si. The maximum atomic E-state index is 13.5. The number of benzene rings is 1. The summed E-state index contributed by atoms with van der Waals surface area (Å²) in [6.07, 6.45) is 10.6. The Labute approximate surface area is 154 Å². The molecule has 2 fully saturated rings. The van der Waals surface area contributed by atoms with Gasteiger partial charge in [-0.1, -0.05) is 63.2 Å². The number of hydrogen-bond donors (Lipinski definition) is 0. The van der Waals surface area contributed by atoms with Gasteiger partial charge in [0.1, 0.15) is 0 Å². The van der Waals surface area contributed by atoms with E-state index in [0.29, 0.717) is 5.92 Å². The van der Waals surface area contributed by atoms with E-state index in [-0.39, 0.29) is 0 Å². The molecule has 1 saturated carbocycles. The van der Waals surface area contributed by atoms with Crippen molar-refractivity contribution in [2.24, 2.45) is 11.8 Å². The summed E-state index contributed by atoms with van der Waals surface area (Å²) in [5.41, 5.74) is 2.04. The van der Waals surface area contributed by atoms with Crippen LogP contribution in [0.3, 0.4) is 0 Å². The van der Waals surface area contributed by atoms with Crippen LogP contribution in [0.25, 0.3) is 0 Å². The number of rotatable bonds is 5. The van der Waals surface area contributed by atoms with Gasteiger partial charge < -0.3 is 0 Å². The fourth-order valence-electron chi connectivity index (χ4n) is 5.57. The third-order valence-electron chi connectivity index (χ3n) is 7.22. The van der Waals surface area contributed by atoms with Crippen molar-refractivity contribution in [3.05, 3.63) is 35.4 Å². The van der Waals surface area contributed by atoms with Gasteiger partial charge in [0, 0.05) is 8.80 Å². The maximum Gasteiger partial charge on any atom is 0.159 e. The third kappa shape index (κ3) is 4.72. The highest BCUT2D eigenvalue weighted by atomic mass is 28.3. The lowest BCUT2D eigenvalue weighted by Crippen LogP contribution is -2.30. The van der Waals surface area contributed by atoms with Crippen LogP contribution in [0, 0.1) is 23.5 Å². The van der Waals surface area contributed by atoms with Crippen LogP contribution >= 0.6 is 0 Å². The average Bonchev–Trinajstić information content (AvgIpc) is 2.64. The third-order valence-corrected chi connectivity index (χ3v) is 11.3. The van der Waals surface area contributed by atoms with Gasteiger partial charge in [-0.2, -0.15) is 0 Å². The molecule has 1 atom stereocenters. The lowest BCUT2D eigenvalue weighted by Gasteiger charge is -2.39. The summed E-state index contributed by atoms with van der Waals surface area (Å²) in [7, 11) is -0.480. The van der Waals surface area contributed by atoms with E-state index in [1.54, 1.807) is 18.2 Å². The zero-order valence-electron chi connectivity index (χ0n) is 15.9. The van der Waals surface area contributed by atoms with Crippen molar-refractivity contribution in [3.63, 3.8) is 0 Å². The van der Waals surface area contributed by atoms with Gasteiger partial charge in [-0.05, 0) is 61.1 Å². The Hall–Kier alpha value is -0.703. The molecule has 0 N–H and O–H groups in total. The fourth-order valence-corrected chi connectivity index (χ4v) is 9.51. The van der Waals surface area contributed by atoms with Gasteiger partial charge in [0.15, 0.2) is 11.6 Å². The van der Waals surface area contributed by atoms with Gasteiger partial charge in [-0.3, -0.25) is 0 Å². The topological polar surface area (TPSA) is 0 Å². The molecule has 1 heterocycles. The molecule has 0 radical (unpaired) electrons. The molecule has 3 rings (SSSR count). The first-order chi connectivity index (χ1) is 12.1. The Kier molecular flexibility index (Phi) is 6.71. The second kappa shape index (κ2) is 8.79. The molecule has 0 aromatic heterocycles. The number of hydrogen-bond acceptors (Lipinski definition) is 0. The van der Waals surface area contributed by atoms with Crippen LogP contribution in [0.2, 0.25) is 17.6 Å². The van der Waals surface area contributed by atoms with Gasteiger partial charge in [-0.15, -0.1) is 0 Å². The van der Waals surface area contributed by atoms with Crippen LogP contribution < -0.4 is 0 Å². The predicted molar refractivity (Wildman–Crippen MR) is 105 cm³/mol. The minimum atomic E-state index is -0.726. The summed E-state index contributed by atoms with van der Waals surface area (Å²) in [6, 6.07) is 7.63. The first-order valence-electron chi connectivity index (χ1n) is 10.5. The van der Waals surface area contributed by atoms with Gasteiger partial charge in [0.05, 0.1) is 0 Å². The van der Waals surface area contributed by atoms with E-state index in [2.05, 4.69) is 13.8 Å². The summed E-state index contributed by atoms with van der Waals surface area (Å²) < 4.78 is 26.6. The zero-order valence-corrected chi connectivity index (χ0v) is 17.1. The van der Waals surface area contributed by atoms with Crippen LogP contribution in [-0.4, -0.2) is 8.80 Å². The van der Waals surface area contributed by atoms with Crippen molar-refractivity contribution in [2.45, 2.75) is 88.8 Å². The van der Waals surface area contributed by atoms with Crippen molar-refractivity contribution in [3.8, 4) is 0 Å². The van der Waals surface area contributed by atoms with Crippen LogP contribution in [0.4, 0.5) is 8.78 Å². The minimum absolute atomic E-state index is 0.432. The number of halogens is 2. The highest BCUT2D eigenvalue weighted by Crippen LogP contribution is 2.44. The lowest BCUT2D eigenvalue weighted by molar-refractivity contribution is 0.215. The summed E-state index contributed by atoms with van der Waals surface area (Å²) in [4.78, 5) is 0. The van der Waals surface area contributed by atoms with Crippen LogP contribution in [0.15, 0.2) is 18.2 Å². The Morgan fingerprint density at radius 2 is 1.60 bits per heavy atom. The normalized spacial score (nSPS) is 31.7. The molecule has 0 bridgehead atoms. The lowest BCUT2D eigenvalue weighted by atomic mass is 9.72. The van der Waals surface area contributed by atoms with E-state index in [1.807, 2.05) is 0 Å². The highest BCUT2D eigenvalue weighted by Gasteiger charge is 2.33. The molecule has 1 saturated heterocycles. The smallest absolute Gasteiger partial charge is 0.159 e. The Balaban J connectivity index is 1.47. The van der Waals surface area contributed by atoms with Gasteiger partial charge in [0.2, 0.25) is 0 Å². The Bertz CT molecular complexity index is 543. The van der Waals surface area contributed by atoms with E-state index in [9.17, 15) is 8.78 Å². The highest BCUT2D eigenvalue weighted by molar-refractivity contribution is 6.60. The first-order valence-corrected chi connectivity index (χ1v) is 12.8. The molecule has 140 valence electrons. The minimum Gasteiger partial charge on any atom is -0.204 e. The quantitative estimate of drug-likeness (QED) is 0.490. The van der Waals surface area contributed by atoms with E-state index in [1.165, 1.54) is 50.7 Å². The molecule has 3 heteroatoms. The monoisotopic (exact) mass is 364 g/mol. The predicted octanol–water partition coefficient (Wildman–Crippen LogP) is 7.07. The summed E-state index contributed by atoms with van der Waals surface area (Å²) >= 11 is 0. The van der Waals surface area contributed by atoms with E-state index in [0.717, 1.165) is 35.8 Å². The molecule has 0 nitrogen and oxygen atoms in total. The summed E-state index contributed by atoms with van der Waals surface area (Å²) in [5.74, 6) is 0.850. The molecule has 0 amide bonds. The van der Waals surface area contributed by atoms with Crippen molar-refractivity contribution in [1.82, 2.24) is 0 Å². The molecule has 1 aliphatic heterocycles. The Morgan fingerprint density at radius 1 is 0.960 bits per heavy atom. The summed E-state index contributed by atoms with van der Waals surface area (Å²) in [6.45, 7) is 4.83. The van der Waals surface area contributed by atoms with Crippen molar-refractivity contribution >= 4 is 8.80 Å². The van der Waals surface area contributed by atoms with E-state index < -0.39 is 20.4 Å². The summed E-state index contributed by atoms with van der Waals surface area (Å²) in [5, 5.41) is 0. The van der Waals surface area contributed by atoms with Gasteiger partial charge >= 0.3 is 0 Å². The molecular weight excluding hydrogens is 330 g/mol. The largest absolute Gasteiger partial charge is 0.204 e. The van der Waals surface area contributed by atoms with Crippen LogP contribution in [-0.2, 0) is 0 Å². The molecule has 0 spiro atoms. The zero-order chi connectivity index (χ0) is 17.8. The van der Waals surface area contributed by atoms with E-state index >= 15 is 0 Å². The van der Waals surface area contributed by atoms with Crippen molar-refractivity contribution < 1.29 is 8.78 Å². The molecule has 25 heavy (non-hydrogen) atoms. The SMILES string of the molecule is CCCC(C)[Si@H]1CC[C@H](C2CCC(c3ccc(F)c(F)c3)CC2)CC1. The van der Waals surface area contributed by atoms with Crippen molar-refractivity contribution in [2.75, 3.05) is 0 Å². The molecule has 1 aromatic carbocycles.